The second-order valence-electron chi connectivity index (χ2n) is 4.09. The molecule has 76 valence electrons. The molecule has 1 fully saturated rings. The molecule has 0 radical (unpaired) electrons. The summed E-state index contributed by atoms with van der Waals surface area (Å²) in [5.74, 6) is 0. The summed E-state index contributed by atoms with van der Waals surface area (Å²) in [6, 6.07) is 0.784. The minimum atomic E-state index is 0.784. The summed E-state index contributed by atoms with van der Waals surface area (Å²) in [6.07, 6.45) is 8.80. The van der Waals surface area contributed by atoms with Crippen LogP contribution in [0.2, 0.25) is 0 Å². The summed E-state index contributed by atoms with van der Waals surface area (Å²) in [4.78, 5) is 0. The number of nitrogens with zero attached hydrogens (tertiary/aromatic N) is 2. The van der Waals surface area contributed by atoms with Gasteiger partial charge in [-0.15, -0.1) is 0 Å². The smallest absolute Gasteiger partial charge is 0.0562 e. The van der Waals surface area contributed by atoms with Crippen molar-refractivity contribution in [3.05, 3.63) is 23.5 Å². The molecule has 0 amide bonds. The summed E-state index contributed by atoms with van der Waals surface area (Å²) in [5.41, 5.74) is 2.55. The Kier molecular flexibility index (Phi) is 2.68. The largest absolute Gasteiger partial charge is 0.310 e. The predicted molar refractivity (Wildman–Crippen MR) is 57.9 cm³/mol. The first-order valence-corrected chi connectivity index (χ1v) is 5.13. The molecule has 0 aromatic carbocycles. The summed E-state index contributed by atoms with van der Waals surface area (Å²) < 4.78 is 1.83. The van der Waals surface area contributed by atoms with Gasteiger partial charge in [-0.05, 0) is 19.8 Å². The highest BCUT2D eigenvalue weighted by molar-refractivity contribution is 5.50. The lowest BCUT2D eigenvalue weighted by Crippen LogP contribution is -2.18. The van der Waals surface area contributed by atoms with Crippen molar-refractivity contribution in [1.82, 2.24) is 15.1 Å². The lowest BCUT2D eigenvalue weighted by atomic mass is 10.2. The van der Waals surface area contributed by atoms with E-state index in [9.17, 15) is 0 Å². The van der Waals surface area contributed by atoms with Crippen molar-refractivity contribution in [2.45, 2.75) is 25.8 Å². The van der Waals surface area contributed by atoms with Crippen LogP contribution >= 0.6 is 0 Å². The maximum atomic E-state index is 4.13. The van der Waals surface area contributed by atoms with E-state index in [1.165, 1.54) is 24.0 Å². The number of aryl methyl sites for hydroxylation is 1. The first-order valence-electron chi connectivity index (χ1n) is 5.13. The second kappa shape index (κ2) is 3.96. The van der Waals surface area contributed by atoms with Crippen LogP contribution in [0, 0.1) is 0 Å². The van der Waals surface area contributed by atoms with Gasteiger partial charge in [-0.3, -0.25) is 4.68 Å². The van der Waals surface area contributed by atoms with E-state index in [1.807, 2.05) is 24.1 Å². The normalized spacial score (nSPS) is 17.4. The van der Waals surface area contributed by atoms with E-state index in [-0.39, 0.29) is 0 Å². The monoisotopic (exact) mass is 191 g/mol. The Morgan fingerprint density at radius 3 is 3.07 bits per heavy atom. The molecule has 0 spiro atoms. The van der Waals surface area contributed by atoms with Gasteiger partial charge in [-0.25, -0.2) is 0 Å². The van der Waals surface area contributed by atoms with Gasteiger partial charge in [-0.2, -0.15) is 5.10 Å². The molecule has 3 heteroatoms. The Balaban J connectivity index is 1.88. The molecule has 0 aliphatic heterocycles. The molecular weight excluding hydrogens is 174 g/mol. The zero-order valence-electron chi connectivity index (χ0n) is 8.83. The Labute approximate surface area is 84.8 Å². The van der Waals surface area contributed by atoms with Gasteiger partial charge in [-0.1, -0.05) is 11.6 Å². The molecule has 1 saturated carbocycles. The van der Waals surface area contributed by atoms with Gasteiger partial charge < -0.3 is 5.32 Å². The molecule has 0 unspecified atom stereocenters. The van der Waals surface area contributed by atoms with Crippen LogP contribution in [0.4, 0.5) is 0 Å². The molecule has 1 aromatic heterocycles. The Hall–Kier alpha value is -1.09. The average Bonchev–Trinajstić information content (AvgIpc) is 2.88. The first kappa shape index (κ1) is 9.46. The fourth-order valence-corrected chi connectivity index (χ4v) is 1.44. The van der Waals surface area contributed by atoms with Gasteiger partial charge >= 0.3 is 0 Å². The Bertz CT molecular complexity index is 334. The van der Waals surface area contributed by atoms with Crippen LogP contribution in [-0.4, -0.2) is 22.4 Å². The van der Waals surface area contributed by atoms with Crippen LogP contribution in [0.5, 0.6) is 0 Å². The number of aromatic nitrogens is 2. The van der Waals surface area contributed by atoms with E-state index in [0.29, 0.717) is 0 Å². The van der Waals surface area contributed by atoms with Crippen molar-refractivity contribution in [3.63, 3.8) is 0 Å². The van der Waals surface area contributed by atoms with Crippen LogP contribution in [0.15, 0.2) is 18.0 Å². The zero-order chi connectivity index (χ0) is 9.97. The molecule has 3 nitrogen and oxygen atoms in total. The summed E-state index contributed by atoms with van der Waals surface area (Å²) >= 11 is 0. The van der Waals surface area contributed by atoms with Crippen LogP contribution in [0.1, 0.15) is 25.3 Å². The van der Waals surface area contributed by atoms with Crippen LogP contribution in [0.3, 0.4) is 0 Å². The van der Waals surface area contributed by atoms with Crippen LogP contribution in [0.25, 0.3) is 6.08 Å². The van der Waals surface area contributed by atoms with Gasteiger partial charge in [0.1, 0.15) is 0 Å². The number of nitrogens with one attached hydrogen (secondary N) is 1. The number of hydrogen-bond donors (Lipinski definition) is 1. The minimum absolute atomic E-state index is 0.784. The Morgan fingerprint density at radius 2 is 2.50 bits per heavy atom. The summed E-state index contributed by atoms with van der Waals surface area (Å²) in [5, 5.41) is 7.62. The van der Waals surface area contributed by atoms with Gasteiger partial charge in [0.15, 0.2) is 0 Å². The lowest BCUT2D eigenvalue weighted by molar-refractivity contribution is 0.736. The number of hydrogen-bond acceptors (Lipinski definition) is 2. The molecule has 1 aromatic rings. The van der Waals surface area contributed by atoms with Crippen molar-refractivity contribution in [2.75, 3.05) is 6.54 Å². The molecule has 14 heavy (non-hydrogen) atoms. The molecular formula is C11H17N3. The highest BCUT2D eigenvalue weighted by Gasteiger charge is 2.19. The summed E-state index contributed by atoms with van der Waals surface area (Å²) in [7, 11) is 1.94. The van der Waals surface area contributed by atoms with E-state index in [0.717, 1.165) is 12.6 Å². The van der Waals surface area contributed by atoms with Crippen molar-refractivity contribution in [2.24, 2.45) is 7.05 Å². The highest BCUT2D eigenvalue weighted by atomic mass is 15.2. The van der Waals surface area contributed by atoms with E-state index in [1.54, 1.807) is 0 Å². The topological polar surface area (TPSA) is 29.9 Å². The van der Waals surface area contributed by atoms with Gasteiger partial charge in [0, 0.05) is 31.4 Å². The van der Waals surface area contributed by atoms with E-state index < -0.39 is 0 Å². The van der Waals surface area contributed by atoms with Gasteiger partial charge in [0.25, 0.3) is 0 Å². The molecule has 0 bridgehead atoms. The fourth-order valence-electron chi connectivity index (χ4n) is 1.44. The van der Waals surface area contributed by atoms with Gasteiger partial charge in [0.2, 0.25) is 0 Å². The van der Waals surface area contributed by atoms with E-state index in [2.05, 4.69) is 23.4 Å². The molecule has 1 N–H and O–H groups in total. The van der Waals surface area contributed by atoms with Crippen molar-refractivity contribution >= 4 is 6.08 Å². The van der Waals surface area contributed by atoms with Crippen LogP contribution in [-0.2, 0) is 7.05 Å². The molecule has 1 heterocycles. The molecule has 2 rings (SSSR count). The first-order chi connectivity index (χ1) is 6.74. The standard InChI is InChI=1S/C11H17N3/c1-9(6-12-11-3-4-11)5-10-7-13-14(2)8-10/h5,7-8,11-12H,3-4,6H2,1-2H3. The highest BCUT2D eigenvalue weighted by Crippen LogP contribution is 2.18. The third kappa shape index (κ3) is 2.70. The number of rotatable bonds is 4. The Morgan fingerprint density at radius 1 is 1.71 bits per heavy atom. The SMILES string of the molecule is CC(=Cc1cnn(C)c1)CNC1CC1. The molecule has 0 atom stereocenters. The van der Waals surface area contributed by atoms with E-state index in [4.69, 9.17) is 0 Å². The zero-order valence-corrected chi connectivity index (χ0v) is 8.83. The third-order valence-electron chi connectivity index (χ3n) is 2.38. The maximum Gasteiger partial charge on any atom is 0.0562 e. The summed E-state index contributed by atoms with van der Waals surface area (Å²) in [6.45, 7) is 3.15. The molecule has 1 aliphatic rings. The van der Waals surface area contributed by atoms with Crippen LogP contribution < -0.4 is 5.32 Å². The molecule has 0 saturated heterocycles. The van der Waals surface area contributed by atoms with Gasteiger partial charge in [0.05, 0.1) is 6.20 Å². The van der Waals surface area contributed by atoms with Crippen molar-refractivity contribution in [3.8, 4) is 0 Å². The average molecular weight is 191 g/mol. The van der Waals surface area contributed by atoms with Crippen molar-refractivity contribution in [1.29, 1.82) is 0 Å². The lowest BCUT2D eigenvalue weighted by Gasteiger charge is -2.01. The fraction of sp³-hybridized carbons (Fsp3) is 0.545. The second-order valence-corrected chi connectivity index (χ2v) is 4.09. The third-order valence-corrected chi connectivity index (χ3v) is 2.38. The predicted octanol–water partition coefficient (Wildman–Crippen LogP) is 1.58. The maximum absolute atomic E-state index is 4.13. The van der Waals surface area contributed by atoms with Crippen molar-refractivity contribution < 1.29 is 0 Å². The van der Waals surface area contributed by atoms with E-state index >= 15 is 0 Å². The quantitative estimate of drug-likeness (QED) is 0.783. The molecule has 1 aliphatic carbocycles. The minimum Gasteiger partial charge on any atom is -0.310 e.